The van der Waals surface area contributed by atoms with Gasteiger partial charge in [-0.3, -0.25) is 4.79 Å². The molecule has 8 heteroatoms. The fourth-order valence-electron chi connectivity index (χ4n) is 4.15. The zero-order valence-electron chi connectivity index (χ0n) is 14.2. The van der Waals surface area contributed by atoms with Gasteiger partial charge in [0.15, 0.2) is 0 Å². The molecule has 2 heterocycles. The van der Waals surface area contributed by atoms with Crippen molar-refractivity contribution in [2.45, 2.75) is 19.0 Å². The molecule has 0 saturated carbocycles. The molecule has 0 bridgehead atoms. The third-order valence-corrected chi connectivity index (χ3v) is 5.51. The molecule has 0 unspecified atom stereocenters. The summed E-state index contributed by atoms with van der Waals surface area (Å²) >= 11 is 0. The van der Waals surface area contributed by atoms with Crippen LogP contribution >= 0.6 is 0 Å². The van der Waals surface area contributed by atoms with Crippen LogP contribution in [0.5, 0.6) is 0 Å². The van der Waals surface area contributed by atoms with Gasteiger partial charge >= 0.3 is 6.18 Å². The van der Waals surface area contributed by atoms with E-state index in [9.17, 15) is 18.0 Å². The van der Waals surface area contributed by atoms with Crippen LogP contribution in [0.25, 0.3) is 0 Å². The van der Waals surface area contributed by atoms with Gasteiger partial charge in [-0.15, -0.1) is 0 Å². The molecule has 1 aromatic carbocycles. The molecule has 1 amide bonds. The lowest BCUT2D eigenvalue weighted by molar-refractivity contribution is -0.137. The maximum absolute atomic E-state index is 13.2. The number of carbonyl (C=O) groups is 1. The molecule has 0 spiro atoms. The summed E-state index contributed by atoms with van der Waals surface area (Å²) in [4.78, 5) is 13.7. The molecule has 2 saturated heterocycles. The van der Waals surface area contributed by atoms with Crippen LogP contribution in [-0.4, -0.2) is 32.1 Å². The van der Waals surface area contributed by atoms with E-state index in [1.54, 1.807) is 11.0 Å². The number of anilines is 1. The Bertz CT molecular complexity index is 722. The first-order chi connectivity index (χ1) is 12.3. The van der Waals surface area contributed by atoms with Gasteiger partial charge in [-0.25, -0.2) is 0 Å². The SMILES string of the molecule is N#Cc1ccc(N2C[C@@H](C(N)=O)[C@H](C3CCNCC3)C2)cc1C(F)(F)F. The standard InChI is InChI=1S/C18H21F3N4O/c19-18(20,21)16-7-13(2-1-12(16)8-22)25-9-14(15(10-25)17(23)26)11-3-5-24-6-4-11/h1-2,7,11,14-15,24H,3-6,9-10H2,(H2,23,26)/t14-,15+/m0/s1. The van der Waals surface area contributed by atoms with Crippen molar-refractivity contribution in [1.29, 1.82) is 5.26 Å². The molecule has 2 aliphatic heterocycles. The number of halogens is 3. The van der Waals surface area contributed by atoms with Crippen molar-refractivity contribution in [3.8, 4) is 6.07 Å². The van der Waals surface area contributed by atoms with Gasteiger partial charge < -0.3 is 16.0 Å². The minimum absolute atomic E-state index is 0.0413. The van der Waals surface area contributed by atoms with Gasteiger partial charge in [0.25, 0.3) is 0 Å². The average molecular weight is 366 g/mol. The molecule has 140 valence electrons. The molecule has 0 radical (unpaired) electrons. The van der Waals surface area contributed by atoms with E-state index in [0.717, 1.165) is 32.0 Å². The summed E-state index contributed by atoms with van der Waals surface area (Å²) in [5.74, 6) is -0.400. The highest BCUT2D eigenvalue weighted by molar-refractivity contribution is 5.79. The van der Waals surface area contributed by atoms with Gasteiger partial charge in [-0.2, -0.15) is 18.4 Å². The van der Waals surface area contributed by atoms with Crippen LogP contribution in [0, 0.1) is 29.1 Å². The first-order valence-corrected chi connectivity index (χ1v) is 8.67. The third kappa shape index (κ3) is 3.63. The Balaban J connectivity index is 1.88. The number of nitriles is 1. The number of nitrogens with two attached hydrogens (primary N) is 1. The highest BCUT2D eigenvalue weighted by Gasteiger charge is 2.42. The van der Waals surface area contributed by atoms with Crippen LogP contribution in [0.3, 0.4) is 0 Å². The van der Waals surface area contributed by atoms with Gasteiger partial charge in [0.2, 0.25) is 5.91 Å². The Kier molecular flexibility index (Phi) is 5.10. The number of nitrogens with one attached hydrogen (secondary N) is 1. The lowest BCUT2D eigenvalue weighted by Gasteiger charge is -2.30. The Morgan fingerprint density at radius 1 is 1.27 bits per heavy atom. The summed E-state index contributed by atoms with van der Waals surface area (Å²) in [7, 11) is 0. The largest absolute Gasteiger partial charge is 0.417 e. The fraction of sp³-hybridized carbons (Fsp3) is 0.556. The summed E-state index contributed by atoms with van der Waals surface area (Å²) in [6.07, 6.45) is -2.73. The summed E-state index contributed by atoms with van der Waals surface area (Å²) in [5, 5.41) is 12.2. The summed E-state index contributed by atoms with van der Waals surface area (Å²) in [6, 6.07) is 5.29. The lowest BCUT2D eigenvalue weighted by atomic mass is 9.78. The van der Waals surface area contributed by atoms with Crippen LogP contribution < -0.4 is 16.0 Å². The number of carbonyl (C=O) groups excluding carboxylic acids is 1. The van der Waals surface area contributed by atoms with Crippen LogP contribution in [0.15, 0.2) is 18.2 Å². The van der Waals surface area contributed by atoms with Crippen molar-refractivity contribution in [2.75, 3.05) is 31.1 Å². The topological polar surface area (TPSA) is 82.2 Å². The number of rotatable bonds is 3. The number of nitrogens with zero attached hydrogens (tertiary/aromatic N) is 2. The fourth-order valence-corrected chi connectivity index (χ4v) is 4.15. The number of hydrogen-bond acceptors (Lipinski definition) is 4. The highest BCUT2D eigenvalue weighted by Crippen LogP contribution is 2.39. The van der Waals surface area contributed by atoms with Gasteiger partial charge in [0.05, 0.1) is 23.1 Å². The second-order valence-electron chi connectivity index (χ2n) is 7.00. The predicted molar refractivity (Wildman–Crippen MR) is 90.1 cm³/mol. The minimum atomic E-state index is -4.60. The van der Waals surface area contributed by atoms with E-state index >= 15 is 0 Å². The lowest BCUT2D eigenvalue weighted by Crippen LogP contribution is -2.38. The van der Waals surface area contributed by atoms with Crippen molar-refractivity contribution in [1.82, 2.24) is 5.32 Å². The maximum atomic E-state index is 13.2. The number of amides is 1. The number of piperidine rings is 1. The van der Waals surface area contributed by atoms with E-state index in [2.05, 4.69) is 5.32 Å². The van der Waals surface area contributed by atoms with E-state index in [-0.39, 0.29) is 11.8 Å². The van der Waals surface area contributed by atoms with Gasteiger partial charge in [-0.1, -0.05) is 0 Å². The molecule has 3 rings (SSSR count). The first kappa shape index (κ1) is 18.5. The molecule has 0 aliphatic carbocycles. The molecule has 5 nitrogen and oxygen atoms in total. The highest BCUT2D eigenvalue weighted by atomic mass is 19.4. The molecular weight excluding hydrogens is 345 g/mol. The third-order valence-electron chi connectivity index (χ3n) is 5.51. The summed E-state index contributed by atoms with van der Waals surface area (Å²) in [5.41, 5.74) is 4.60. The molecule has 3 N–H and O–H groups in total. The number of benzene rings is 1. The molecule has 0 aromatic heterocycles. The molecule has 1 aromatic rings. The van der Waals surface area contributed by atoms with Gasteiger partial charge in [0, 0.05) is 18.8 Å². The van der Waals surface area contributed by atoms with E-state index < -0.39 is 23.2 Å². The van der Waals surface area contributed by atoms with Crippen molar-refractivity contribution >= 4 is 11.6 Å². The normalized spacial score (nSPS) is 24.5. The maximum Gasteiger partial charge on any atom is 0.417 e. The zero-order chi connectivity index (χ0) is 18.9. The van der Waals surface area contributed by atoms with E-state index in [0.29, 0.717) is 24.7 Å². The molecule has 2 aliphatic rings. The molecular formula is C18H21F3N4O. The van der Waals surface area contributed by atoms with Crippen LogP contribution in [0.4, 0.5) is 18.9 Å². The summed E-state index contributed by atoms with van der Waals surface area (Å²) < 4.78 is 39.7. The second kappa shape index (κ2) is 7.16. The van der Waals surface area contributed by atoms with Crippen LogP contribution in [-0.2, 0) is 11.0 Å². The van der Waals surface area contributed by atoms with E-state index in [1.165, 1.54) is 12.1 Å². The summed E-state index contributed by atoms with van der Waals surface area (Å²) in [6.45, 7) is 2.57. The number of alkyl halides is 3. The zero-order valence-corrected chi connectivity index (χ0v) is 14.2. The Hall–Kier alpha value is -2.27. The average Bonchev–Trinajstić information content (AvgIpc) is 3.07. The molecule has 2 fully saturated rings. The Morgan fingerprint density at radius 2 is 1.96 bits per heavy atom. The smallest absolute Gasteiger partial charge is 0.370 e. The van der Waals surface area contributed by atoms with E-state index in [1.807, 2.05) is 0 Å². The molecule has 26 heavy (non-hydrogen) atoms. The Morgan fingerprint density at radius 3 is 2.54 bits per heavy atom. The van der Waals surface area contributed by atoms with Crippen molar-refractivity contribution < 1.29 is 18.0 Å². The van der Waals surface area contributed by atoms with Crippen LogP contribution in [0.1, 0.15) is 24.0 Å². The quantitative estimate of drug-likeness (QED) is 0.858. The predicted octanol–water partition coefficient (Wildman–Crippen LogP) is 2.11. The van der Waals surface area contributed by atoms with E-state index in [4.69, 9.17) is 11.0 Å². The minimum Gasteiger partial charge on any atom is -0.370 e. The monoisotopic (exact) mass is 366 g/mol. The number of hydrogen-bond donors (Lipinski definition) is 2. The number of primary amides is 1. The second-order valence-corrected chi connectivity index (χ2v) is 7.00. The first-order valence-electron chi connectivity index (χ1n) is 8.67. The Labute approximate surface area is 149 Å². The van der Waals surface area contributed by atoms with Gasteiger partial charge in [0.1, 0.15) is 0 Å². The molecule has 2 atom stereocenters. The van der Waals surface area contributed by atoms with Crippen molar-refractivity contribution in [3.05, 3.63) is 29.3 Å². The van der Waals surface area contributed by atoms with Crippen LogP contribution in [0.2, 0.25) is 0 Å². The van der Waals surface area contributed by atoms with Crippen molar-refractivity contribution in [2.24, 2.45) is 23.5 Å². The van der Waals surface area contributed by atoms with Crippen molar-refractivity contribution in [3.63, 3.8) is 0 Å². The van der Waals surface area contributed by atoms with Gasteiger partial charge in [-0.05, 0) is 56.0 Å².